The fourth-order valence-electron chi connectivity index (χ4n) is 3.54. The molecule has 0 bridgehead atoms. The van der Waals surface area contributed by atoms with Crippen LogP contribution < -0.4 is 5.32 Å². The van der Waals surface area contributed by atoms with E-state index in [0.717, 1.165) is 38.5 Å². The largest absolute Gasteiger partial charge is 0.394 e. The third-order valence-electron chi connectivity index (χ3n) is 4.83. The lowest BCUT2D eigenvalue weighted by Gasteiger charge is -2.40. The Balaban J connectivity index is 1.82. The lowest BCUT2D eigenvalue weighted by Crippen LogP contribution is -2.54. The minimum absolute atomic E-state index is 0.0696. The molecule has 0 aromatic carbocycles. The lowest BCUT2D eigenvalue weighted by molar-refractivity contribution is 0.00821. The third-order valence-corrected chi connectivity index (χ3v) is 4.83. The average molecular weight is 255 g/mol. The molecule has 3 heteroatoms. The van der Waals surface area contributed by atoms with Gasteiger partial charge in [0.05, 0.1) is 6.61 Å². The van der Waals surface area contributed by atoms with Crippen molar-refractivity contribution in [3.8, 4) is 0 Å². The van der Waals surface area contributed by atoms with E-state index < -0.39 is 0 Å². The molecule has 1 atom stereocenters. The first kappa shape index (κ1) is 14.3. The molecule has 0 spiro atoms. The van der Waals surface area contributed by atoms with Gasteiger partial charge in [-0.1, -0.05) is 20.3 Å². The number of hydrogen-bond acceptors (Lipinski definition) is 3. The van der Waals surface area contributed by atoms with Crippen molar-refractivity contribution in [2.75, 3.05) is 26.4 Å². The Morgan fingerprint density at radius 1 is 1.22 bits per heavy atom. The molecule has 0 aromatic heterocycles. The van der Waals surface area contributed by atoms with Gasteiger partial charge in [0.25, 0.3) is 0 Å². The van der Waals surface area contributed by atoms with E-state index in [0.29, 0.717) is 5.41 Å². The van der Waals surface area contributed by atoms with Crippen molar-refractivity contribution in [1.82, 2.24) is 5.32 Å². The maximum absolute atomic E-state index is 9.66. The summed E-state index contributed by atoms with van der Waals surface area (Å²) >= 11 is 0. The Bertz CT molecular complexity index is 259. The second-order valence-corrected chi connectivity index (χ2v) is 7.06. The normalized spacial score (nSPS) is 31.2. The molecule has 106 valence electrons. The highest BCUT2D eigenvalue weighted by atomic mass is 16.5. The molecule has 2 fully saturated rings. The van der Waals surface area contributed by atoms with Crippen LogP contribution in [-0.4, -0.2) is 37.0 Å². The summed E-state index contributed by atoms with van der Waals surface area (Å²) in [4.78, 5) is 0. The standard InChI is InChI=1S/C15H29NO2/c1-14(2)5-3-4-13(10-14)11-16-15(12-17)6-8-18-9-7-15/h13,16-17H,3-12H2,1-2H3/t13-/m0/s1. The Morgan fingerprint density at radius 3 is 2.56 bits per heavy atom. The molecule has 0 unspecified atom stereocenters. The SMILES string of the molecule is CC1(C)CCC[C@H](CNC2(CO)CCOCC2)C1. The summed E-state index contributed by atoms with van der Waals surface area (Å²) in [5.41, 5.74) is 0.437. The number of ether oxygens (including phenoxy) is 1. The van der Waals surface area contributed by atoms with Crippen molar-refractivity contribution in [1.29, 1.82) is 0 Å². The summed E-state index contributed by atoms with van der Waals surface area (Å²) in [6.45, 7) is 7.63. The summed E-state index contributed by atoms with van der Waals surface area (Å²) in [5.74, 6) is 0.778. The quantitative estimate of drug-likeness (QED) is 0.810. The van der Waals surface area contributed by atoms with Gasteiger partial charge < -0.3 is 15.2 Å². The first-order valence-corrected chi connectivity index (χ1v) is 7.49. The third kappa shape index (κ3) is 3.69. The molecule has 3 nitrogen and oxygen atoms in total. The van der Waals surface area contributed by atoms with Gasteiger partial charge in [-0.3, -0.25) is 0 Å². The summed E-state index contributed by atoms with van der Waals surface area (Å²) < 4.78 is 5.40. The van der Waals surface area contributed by atoms with Crippen LogP contribution in [0.3, 0.4) is 0 Å². The fourth-order valence-corrected chi connectivity index (χ4v) is 3.54. The van der Waals surface area contributed by atoms with E-state index in [9.17, 15) is 5.11 Å². The molecular weight excluding hydrogens is 226 g/mol. The van der Waals surface area contributed by atoms with Gasteiger partial charge in [-0.15, -0.1) is 0 Å². The molecule has 1 aliphatic heterocycles. The van der Waals surface area contributed by atoms with Crippen LogP contribution in [-0.2, 0) is 4.74 Å². The Labute approximate surface area is 111 Å². The van der Waals surface area contributed by atoms with Gasteiger partial charge in [0.15, 0.2) is 0 Å². The van der Waals surface area contributed by atoms with E-state index in [4.69, 9.17) is 4.74 Å². The van der Waals surface area contributed by atoms with Gasteiger partial charge in [0.1, 0.15) is 0 Å². The first-order valence-electron chi connectivity index (χ1n) is 7.49. The van der Waals surface area contributed by atoms with Crippen LogP contribution in [0.25, 0.3) is 0 Å². The van der Waals surface area contributed by atoms with Crippen LogP contribution in [0, 0.1) is 11.3 Å². The second-order valence-electron chi connectivity index (χ2n) is 7.06. The molecule has 2 rings (SSSR count). The highest BCUT2D eigenvalue weighted by molar-refractivity contribution is 4.91. The van der Waals surface area contributed by atoms with E-state index in [-0.39, 0.29) is 12.1 Å². The molecular formula is C15H29NO2. The monoisotopic (exact) mass is 255 g/mol. The average Bonchev–Trinajstić information content (AvgIpc) is 2.36. The van der Waals surface area contributed by atoms with Crippen LogP contribution in [0.4, 0.5) is 0 Å². The molecule has 1 aliphatic carbocycles. The van der Waals surface area contributed by atoms with Crippen LogP contribution >= 0.6 is 0 Å². The van der Waals surface area contributed by atoms with Crippen LogP contribution in [0.15, 0.2) is 0 Å². The molecule has 0 radical (unpaired) electrons. The van der Waals surface area contributed by atoms with Crippen LogP contribution in [0.5, 0.6) is 0 Å². The number of nitrogens with one attached hydrogen (secondary N) is 1. The summed E-state index contributed by atoms with van der Waals surface area (Å²) in [6, 6.07) is 0. The molecule has 2 aliphatic rings. The van der Waals surface area contributed by atoms with E-state index in [1.165, 1.54) is 25.7 Å². The fraction of sp³-hybridized carbons (Fsp3) is 1.00. The molecule has 1 saturated carbocycles. The lowest BCUT2D eigenvalue weighted by atomic mass is 9.72. The molecule has 0 aromatic rings. The number of aliphatic hydroxyl groups excluding tert-OH is 1. The summed E-state index contributed by atoms with van der Waals surface area (Å²) in [7, 11) is 0. The van der Waals surface area contributed by atoms with Gasteiger partial charge in [-0.05, 0) is 50.0 Å². The topological polar surface area (TPSA) is 41.5 Å². The molecule has 18 heavy (non-hydrogen) atoms. The van der Waals surface area contributed by atoms with E-state index in [1.54, 1.807) is 0 Å². The smallest absolute Gasteiger partial charge is 0.0615 e. The molecule has 2 N–H and O–H groups in total. The van der Waals surface area contributed by atoms with Crippen molar-refractivity contribution in [3.05, 3.63) is 0 Å². The highest BCUT2D eigenvalue weighted by Crippen LogP contribution is 2.38. The Hall–Kier alpha value is -0.120. The van der Waals surface area contributed by atoms with Crippen molar-refractivity contribution >= 4 is 0 Å². The van der Waals surface area contributed by atoms with Gasteiger partial charge in [0.2, 0.25) is 0 Å². The number of aliphatic hydroxyl groups is 1. The predicted molar refractivity (Wildman–Crippen MR) is 73.6 cm³/mol. The highest BCUT2D eigenvalue weighted by Gasteiger charge is 2.34. The molecule has 1 saturated heterocycles. The maximum atomic E-state index is 9.66. The van der Waals surface area contributed by atoms with Crippen LogP contribution in [0.2, 0.25) is 0 Å². The van der Waals surface area contributed by atoms with E-state index >= 15 is 0 Å². The van der Waals surface area contributed by atoms with E-state index in [2.05, 4.69) is 19.2 Å². The zero-order valence-electron chi connectivity index (χ0n) is 12.0. The zero-order valence-corrected chi connectivity index (χ0v) is 12.0. The Morgan fingerprint density at radius 2 is 1.94 bits per heavy atom. The summed E-state index contributed by atoms with van der Waals surface area (Å²) in [6.07, 6.45) is 7.27. The van der Waals surface area contributed by atoms with Crippen molar-refractivity contribution in [3.63, 3.8) is 0 Å². The minimum Gasteiger partial charge on any atom is -0.394 e. The van der Waals surface area contributed by atoms with E-state index in [1.807, 2.05) is 0 Å². The Kier molecular flexibility index (Phi) is 4.68. The zero-order chi connectivity index (χ0) is 13.1. The first-order chi connectivity index (χ1) is 8.55. The van der Waals surface area contributed by atoms with Gasteiger partial charge in [-0.2, -0.15) is 0 Å². The minimum atomic E-state index is -0.0696. The van der Waals surface area contributed by atoms with Gasteiger partial charge in [0, 0.05) is 18.8 Å². The number of rotatable bonds is 4. The number of hydrogen-bond donors (Lipinski definition) is 2. The van der Waals surface area contributed by atoms with Gasteiger partial charge >= 0.3 is 0 Å². The second kappa shape index (κ2) is 5.89. The molecule has 0 amide bonds. The summed E-state index contributed by atoms with van der Waals surface area (Å²) in [5, 5.41) is 13.3. The van der Waals surface area contributed by atoms with Crippen molar-refractivity contribution in [2.45, 2.75) is 57.9 Å². The predicted octanol–water partition coefficient (Wildman–Crippen LogP) is 2.33. The van der Waals surface area contributed by atoms with Gasteiger partial charge in [-0.25, -0.2) is 0 Å². The van der Waals surface area contributed by atoms with Crippen molar-refractivity contribution in [2.24, 2.45) is 11.3 Å². The molecule has 1 heterocycles. The van der Waals surface area contributed by atoms with Crippen LogP contribution in [0.1, 0.15) is 52.4 Å². The maximum Gasteiger partial charge on any atom is 0.0615 e. The van der Waals surface area contributed by atoms with Crippen molar-refractivity contribution < 1.29 is 9.84 Å².